The van der Waals surface area contributed by atoms with Gasteiger partial charge in [0, 0.05) is 16.2 Å². The van der Waals surface area contributed by atoms with Gasteiger partial charge in [-0.15, -0.1) is 23.4 Å². The zero-order valence-corrected chi connectivity index (χ0v) is 13.5. The molecular weight excluding hydrogens is 344 g/mol. The summed E-state index contributed by atoms with van der Waals surface area (Å²) in [5.74, 6) is 2.22. The molecule has 0 unspecified atom stereocenters. The van der Waals surface area contributed by atoms with Gasteiger partial charge in [0.1, 0.15) is 5.75 Å². The van der Waals surface area contributed by atoms with Crippen molar-refractivity contribution in [3.63, 3.8) is 0 Å². The van der Waals surface area contributed by atoms with Crippen LogP contribution in [-0.4, -0.2) is 12.4 Å². The highest BCUT2D eigenvalue weighted by molar-refractivity contribution is 9.10. The lowest BCUT2D eigenvalue weighted by Gasteiger charge is -2.11. The molecule has 2 rings (SSSR count). The highest BCUT2D eigenvalue weighted by Crippen LogP contribution is 2.30. The Balaban J connectivity index is 1.86. The second kappa shape index (κ2) is 7.83. The van der Waals surface area contributed by atoms with Crippen molar-refractivity contribution >= 4 is 39.3 Å². The van der Waals surface area contributed by atoms with E-state index in [1.807, 2.05) is 36.4 Å². The maximum absolute atomic E-state index is 5.91. The van der Waals surface area contributed by atoms with Crippen molar-refractivity contribution in [1.82, 2.24) is 0 Å². The first-order valence-corrected chi connectivity index (χ1v) is 8.26. The summed E-state index contributed by atoms with van der Waals surface area (Å²) in [6.07, 6.45) is 0. The van der Waals surface area contributed by atoms with Gasteiger partial charge < -0.3 is 4.74 Å². The third-order valence-electron chi connectivity index (χ3n) is 2.53. The van der Waals surface area contributed by atoms with Crippen LogP contribution in [0.3, 0.4) is 0 Å². The number of hydrogen-bond acceptors (Lipinski definition) is 2. The van der Waals surface area contributed by atoms with E-state index in [4.69, 9.17) is 16.3 Å². The topological polar surface area (TPSA) is 9.23 Å². The van der Waals surface area contributed by atoms with Gasteiger partial charge in [0.05, 0.1) is 17.0 Å². The molecule has 0 fully saturated rings. The predicted octanol–water partition coefficient (Wildman–Crippen LogP) is 5.36. The predicted molar refractivity (Wildman–Crippen MR) is 86.4 cm³/mol. The van der Waals surface area contributed by atoms with Crippen molar-refractivity contribution in [1.29, 1.82) is 0 Å². The maximum atomic E-state index is 5.91. The normalized spacial score (nSPS) is 10.4. The van der Waals surface area contributed by atoms with Crippen LogP contribution in [0.2, 0.25) is 0 Å². The van der Waals surface area contributed by atoms with Crippen molar-refractivity contribution in [3.05, 3.63) is 58.6 Å². The van der Waals surface area contributed by atoms with E-state index in [1.165, 1.54) is 4.90 Å². The van der Waals surface area contributed by atoms with Gasteiger partial charge in [0.2, 0.25) is 0 Å². The summed E-state index contributed by atoms with van der Waals surface area (Å²) in [5, 5.41) is 0. The Morgan fingerprint density at radius 3 is 2.58 bits per heavy atom. The van der Waals surface area contributed by atoms with E-state index in [-0.39, 0.29) is 0 Å². The van der Waals surface area contributed by atoms with E-state index in [1.54, 1.807) is 11.8 Å². The van der Waals surface area contributed by atoms with Crippen LogP contribution < -0.4 is 4.74 Å². The van der Waals surface area contributed by atoms with E-state index in [2.05, 4.69) is 28.1 Å². The molecule has 0 saturated carbocycles. The molecule has 0 N–H and O–H groups in total. The van der Waals surface area contributed by atoms with Crippen molar-refractivity contribution < 1.29 is 4.74 Å². The lowest BCUT2D eigenvalue weighted by atomic mass is 10.2. The van der Waals surface area contributed by atoms with Gasteiger partial charge in [0.15, 0.2) is 0 Å². The quantitative estimate of drug-likeness (QED) is 0.391. The first-order valence-electron chi connectivity index (χ1n) is 5.95. The maximum Gasteiger partial charge on any atom is 0.137 e. The minimum absolute atomic E-state index is 0.459. The molecule has 0 heterocycles. The standard InChI is InChI=1S/C15H14BrClOS/c16-14-8-4-5-12(11-17)15(14)18-9-10-19-13-6-2-1-3-7-13/h1-8H,9-11H2. The molecule has 0 bridgehead atoms. The molecule has 0 saturated heterocycles. The highest BCUT2D eigenvalue weighted by atomic mass is 79.9. The number of hydrogen-bond donors (Lipinski definition) is 0. The molecule has 0 aliphatic carbocycles. The molecular formula is C15H14BrClOS. The van der Waals surface area contributed by atoms with E-state index in [0.717, 1.165) is 21.5 Å². The fourth-order valence-electron chi connectivity index (χ4n) is 1.64. The second-order valence-electron chi connectivity index (χ2n) is 3.87. The highest BCUT2D eigenvalue weighted by Gasteiger charge is 2.06. The Kier molecular flexibility index (Phi) is 6.08. The van der Waals surface area contributed by atoms with Gasteiger partial charge in [0.25, 0.3) is 0 Å². The van der Waals surface area contributed by atoms with Crippen LogP contribution in [0.1, 0.15) is 5.56 Å². The summed E-state index contributed by atoms with van der Waals surface area (Å²) in [6, 6.07) is 16.2. The molecule has 0 atom stereocenters. The Labute approximate surface area is 131 Å². The van der Waals surface area contributed by atoms with Crippen LogP contribution in [0.4, 0.5) is 0 Å². The Morgan fingerprint density at radius 2 is 1.84 bits per heavy atom. The van der Waals surface area contributed by atoms with Gasteiger partial charge in [-0.05, 0) is 34.1 Å². The van der Waals surface area contributed by atoms with E-state index < -0.39 is 0 Å². The Bertz CT molecular complexity index is 519. The van der Waals surface area contributed by atoms with Crippen LogP contribution in [0.25, 0.3) is 0 Å². The lowest BCUT2D eigenvalue weighted by molar-refractivity contribution is 0.339. The van der Waals surface area contributed by atoms with Crippen molar-refractivity contribution in [2.24, 2.45) is 0 Å². The van der Waals surface area contributed by atoms with E-state index in [0.29, 0.717) is 12.5 Å². The summed E-state index contributed by atoms with van der Waals surface area (Å²) < 4.78 is 6.78. The van der Waals surface area contributed by atoms with Gasteiger partial charge in [-0.3, -0.25) is 0 Å². The van der Waals surface area contributed by atoms with Crippen LogP contribution >= 0.6 is 39.3 Å². The summed E-state index contributed by atoms with van der Waals surface area (Å²) in [6.45, 7) is 0.659. The molecule has 0 radical (unpaired) electrons. The van der Waals surface area contributed by atoms with Gasteiger partial charge in [-0.25, -0.2) is 0 Å². The summed E-state index contributed by atoms with van der Waals surface area (Å²) in [7, 11) is 0. The fourth-order valence-corrected chi connectivity index (χ4v) is 3.12. The number of alkyl halides is 1. The second-order valence-corrected chi connectivity index (χ2v) is 6.16. The average molecular weight is 358 g/mol. The van der Waals surface area contributed by atoms with Crippen molar-refractivity contribution in [3.8, 4) is 5.75 Å². The number of rotatable bonds is 6. The molecule has 0 spiro atoms. The Hall–Kier alpha value is -0.640. The van der Waals surface area contributed by atoms with Crippen molar-refractivity contribution in [2.75, 3.05) is 12.4 Å². The monoisotopic (exact) mass is 356 g/mol. The molecule has 100 valence electrons. The van der Waals surface area contributed by atoms with Crippen LogP contribution in [0, 0.1) is 0 Å². The number of ether oxygens (including phenoxy) is 1. The number of benzene rings is 2. The third kappa shape index (κ3) is 4.44. The smallest absolute Gasteiger partial charge is 0.137 e. The van der Waals surface area contributed by atoms with Crippen molar-refractivity contribution in [2.45, 2.75) is 10.8 Å². The molecule has 0 aliphatic heterocycles. The minimum Gasteiger partial charge on any atom is -0.491 e. The summed E-state index contributed by atoms with van der Waals surface area (Å²) >= 11 is 11.2. The average Bonchev–Trinajstić information content (AvgIpc) is 2.46. The largest absolute Gasteiger partial charge is 0.491 e. The van der Waals surface area contributed by atoms with Gasteiger partial charge in [-0.2, -0.15) is 0 Å². The molecule has 1 nitrogen and oxygen atoms in total. The Morgan fingerprint density at radius 1 is 1.05 bits per heavy atom. The van der Waals surface area contributed by atoms with Crippen LogP contribution in [-0.2, 0) is 5.88 Å². The first-order chi connectivity index (χ1) is 9.31. The van der Waals surface area contributed by atoms with E-state index in [9.17, 15) is 0 Å². The molecule has 0 aromatic heterocycles. The molecule has 19 heavy (non-hydrogen) atoms. The summed E-state index contributed by atoms with van der Waals surface area (Å²) in [4.78, 5) is 1.26. The number of thioether (sulfide) groups is 1. The van der Waals surface area contributed by atoms with Gasteiger partial charge in [-0.1, -0.05) is 30.3 Å². The zero-order chi connectivity index (χ0) is 13.5. The molecule has 0 aliphatic rings. The first kappa shape index (κ1) is 14.8. The fraction of sp³-hybridized carbons (Fsp3) is 0.200. The van der Waals surface area contributed by atoms with E-state index >= 15 is 0 Å². The molecule has 0 amide bonds. The zero-order valence-electron chi connectivity index (χ0n) is 10.3. The molecule has 4 heteroatoms. The SMILES string of the molecule is ClCc1cccc(Br)c1OCCSc1ccccc1. The number of para-hydroxylation sites is 1. The molecule has 2 aromatic rings. The number of halogens is 2. The van der Waals surface area contributed by atoms with Crippen LogP contribution in [0.5, 0.6) is 5.75 Å². The van der Waals surface area contributed by atoms with Gasteiger partial charge >= 0.3 is 0 Å². The summed E-state index contributed by atoms with van der Waals surface area (Å²) in [5.41, 5.74) is 1.01. The molecule has 2 aromatic carbocycles. The van der Waals surface area contributed by atoms with Crippen LogP contribution in [0.15, 0.2) is 57.9 Å². The lowest BCUT2D eigenvalue weighted by Crippen LogP contribution is -2.02. The third-order valence-corrected chi connectivity index (χ3v) is 4.42. The minimum atomic E-state index is 0.459.